The summed E-state index contributed by atoms with van der Waals surface area (Å²) in [4.78, 5) is 12.5. The average Bonchev–Trinajstić information content (AvgIpc) is 2.43. The molecule has 0 spiro atoms. The Kier molecular flexibility index (Phi) is 4.93. The van der Waals surface area contributed by atoms with Crippen molar-refractivity contribution in [2.24, 2.45) is 0 Å². The van der Waals surface area contributed by atoms with Gasteiger partial charge in [-0.2, -0.15) is 0 Å². The summed E-state index contributed by atoms with van der Waals surface area (Å²) < 4.78 is 25.7. The Balaban J connectivity index is 2.00. The van der Waals surface area contributed by atoms with E-state index in [0.717, 1.165) is 4.90 Å². The highest BCUT2D eigenvalue weighted by Gasteiger charge is 2.02. The molecule has 0 aliphatic rings. The third-order valence-electron chi connectivity index (χ3n) is 2.44. The molecule has 0 aliphatic heterocycles. The summed E-state index contributed by atoms with van der Waals surface area (Å²) in [5.41, 5.74) is 0.403. The monoisotopic (exact) mass is 310 g/mol. The molecule has 0 saturated heterocycles. The lowest BCUT2D eigenvalue weighted by Crippen LogP contribution is -1.93. The standard InChI is InChI=1S/C15H9ClF2OS/c16-13-9-12(5-6-14(13)18)20-8-7-15(19)10-1-3-11(17)4-2-10/h1-9H. The van der Waals surface area contributed by atoms with Crippen molar-refractivity contribution >= 4 is 29.1 Å². The summed E-state index contributed by atoms with van der Waals surface area (Å²) >= 11 is 6.89. The Morgan fingerprint density at radius 2 is 1.80 bits per heavy atom. The summed E-state index contributed by atoms with van der Waals surface area (Å²) in [5, 5.41) is 1.61. The molecular formula is C15H9ClF2OS. The second kappa shape index (κ2) is 6.68. The summed E-state index contributed by atoms with van der Waals surface area (Å²) in [5.74, 6) is -1.10. The first-order chi connectivity index (χ1) is 9.56. The number of carbonyl (C=O) groups excluding carboxylic acids is 1. The largest absolute Gasteiger partial charge is 0.289 e. The molecule has 0 aliphatic carbocycles. The normalized spacial score (nSPS) is 10.9. The molecule has 2 aromatic rings. The predicted octanol–water partition coefficient (Wildman–Crippen LogP) is 5.11. The van der Waals surface area contributed by atoms with Gasteiger partial charge in [-0.05, 0) is 53.9 Å². The quantitative estimate of drug-likeness (QED) is 0.443. The molecule has 0 unspecified atom stereocenters. The molecule has 0 radical (unpaired) electrons. The van der Waals surface area contributed by atoms with E-state index in [-0.39, 0.29) is 16.6 Å². The fraction of sp³-hybridized carbons (Fsp3) is 0. The number of ketones is 1. The maximum Gasteiger partial charge on any atom is 0.186 e. The van der Waals surface area contributed by atoms with E-state index in [4.69, 9.17) is 11.6 Å². The molecule has 2 aromatic carbocycles. The third kappa shape index (κ3) is 3.92. The van der Waals surface area contributed by atoms with E-state index in [1.165, 1.54) is 54.2 Å². The van der Waals surface area contributed by atoms with Gasteiger partial charge in [-0.25, -0.2) is 8.78 Å². The lowest BCUT2D eigenvalue weighted by atomic mass is 10.1. The van der Waals surface area contributed by atoms with Gasteiger partial charge in [-0.1, -0.05) is 23.4 Å². The van der Waals surface area contributed by atoms with Crippen LogP contribution in [-0.4, -0.2) is 5.78 Å². The molecule has 0 saturated carbocycles. The van der Waals surface area contributed by atoms with Gasteiger partial charge in [-0.3, -0.25) is 4.79 Å². The van der Waals surface area contributed by atoms with Crippen LogP contribution in [0.4, 0.5) is 8.78 Å². The lowest BCUT2D eigenvalue weighted by molar-refractivity contribution is 0.104. The van der Waals surface area contributed by atoms with Gasteiger partial charge in [0.15, 0.2) is 5.78 Å². The van der Waals surface area contributed by atoms with Crippen LogP contribution in [0.3, 0.4) is 0 Å². The Morgan fingerprint density at radius 3 is 2.45 bits per heavy atom. The van der Waals surface area contributed by atoms with E-state index in [0.29, 0.717) is 5.56 Å². The van der Waals surface area contributed by atoms with Crippen molar-refractivity contribution in [2.45, 2.75) is 4.90 Å². The van der Waals surface area contributed by atoms with Crippen LogP contribution in [-0.2, 0) is 0 Å². The van der Waals surface area contributed by atoms with E-state index >= 15 is 0 Å². The highest BCUT2D eigenvalue weighted by atomic mass is 35.5. The number of benzene rings is 2. The van der Waals surface area contributed by atoms with Gasteiger partial charge in [0.05, 0.1) is 5.02 Å². The second-order valence-electron chi connectivity index (χ2n) is 3.87. The van der Waals surface area contributed by atoms with E-state index < -0.39 is 5.82 Å². The van der Waals surface area contributed by atoms with Crippen molar-refractivity contribution in [1.29, 1.82) is 0 Å². The fourth-order valence-electron chi connectivity index (χ4n) is 1.43. The molecule has 2 rings (SSSR count). The van der Waals surface area contributed by atoms with Crippen LogP contribution < -0.4 is 0 Å². The van der Waals surface area contributed by atoms with E-state index in [2.05, 4.69) is 0 Å². The minimum absolute atomic E-state index is 0.0354. The van der Waals surface area contributed by atoms with E-state index in [1.807, 2.05) is 0 Å². The Labute approximate surface area is 124 Å². The number of allylic oxidation sites excluding steroid dienone is 1. The van der Waals surface area contributed by atoms with Gasteiger partial charge in [0.25, 0.3) is 0 Å². The number of hydrogen-bond donors (Lipinski definition) is 0. The number of carbonyl (C=O) groups is 1. The Bertz CT molecular complexity index is 653. The van der Waals surface area contributed by atoms with Crippen LogP contribution in [0, 0.1) is 11.6 Å². The topological polar surface area (TPSA) is 17.1 Å². The Morgan fingerprint density at radius 1 is 1.10 bits per heavy atom. The second-order valence-corrected chi connectivity index (χ2v) is 5.25. The zero-order valence-corrected chi connectivity index (χ0v) is 11.7. The molecule has 102 valence electrons. The Hall–Kier alpha value is -1.65. The number of hydrogen-bond acceptors (Lipinski definition) is 2. The van der Waals surface area contributed by atoms with Crippen LogP contribution in [0.2, 0.25) is 5.02 Å². The molecule has 0 amide bonds. The van der Waals surface area contributed by atoms with Gasteiger partial charge < -0.3 is 0 Å². The van der Waals surface area contributed by atoms with Crippen molar-refractivity contribution in [1.82, 2.24) is 0 Å². The minimum atomic E-state index is -0.484. The molecule has 5 heteroatoms. The van der Waals surface area contributed by atoms with Gasteiger partial charge in [0, 0.05) is 10.5 Å². The van der Waals surface area contributed by atoms with Crippen LogP contribution in [0.25, 0.3) is 0 Å². The first-order valence-electron chi connectivity index (χ1n) is 5.64. The summed E-state index contributed by atoms with van der Waals surface area (Å²) in [7, 11) is 0. The van der Waals surface area contributed by atoms with Crippen molar-refractivity contribution in [3.8, 4) is 0 Å². The van der Waals surface area contributed by atoms with E-state index in [1.54, 1.807) is 11.5 Å². The first kappa shape index (κ1) is 14.8. The SMILES string of the molecule is O=C(C=CSc1ccc(F)c(Cl)c1)c1ccc(F)cc1. The fourth-order valence-corrected chi connectivity index (χ4v) is 2.36. The molecule has 0 fully saturated rings. The summed E-state index contributed by atoms with van der Waals surface area (Å²) in [6, 6.07) is 9.61. The average molecular weight is 311 g/mol. The highest BCUT2D eigenvalue weighted by Crippen LogP contribution is 2.24. The molecule has 0 atom stereocenters. The minimum Gasteiger partial charge on any atom is -0.289 e. The molecule has 20 heavy (non-hydrogen) atoms. The molecule has 0 N–H and O–H groups in total. The van der Waals surface area contributed by atoms with Crippen LogP contribution in [0.1, 0.15) is 10.4 Å². The van der Waals surface area contributed by atoms with Crippen molar-refractivity contribution in [3.63, 3.8) is 0 Å². The van der Waals surface area contributed by atoms with Crippen molar-refractivity contribution < 1.29 is 13.6 Å². The van der Waals surface area contributed by atoms with E-state index in [9.17, 15) is 13.6 Å². The first-order valence-corrected chi connectivity index (χ1v) is 6.90. The van der Waals surface area contributed by atoms with Crippen molar-refractivity contribution in [2.75, 3.05) is 0 Å². The number of rotatable bonds is 4. The number of halogens is 3. The predicted molar refractivity (Wildman–Crippen MR) is 77.1 cm³/mol. The van der Waals surface area contributed by atoms with Crippen molar-refractivity contribution in [3.05, 3.63) is 76.2 Å². The van der Waals surface area contributed by atoms with Gasteiger partial charge >= 0.3 is 0 Å². The maximum atomic E-state index is 13.0. The van der Waals surface area contributed by atoms with Crippen LogP contribution in [0.5, 0.6) is 0 Å². The van der Waals surface area contributed by atoms with Crippen LogP contribution in [0.15, 0.2) is 58.8 Å². The van der Waals surface area contributed by atoms with Gasteiger partial charge in [-0.15, -0.1) is 0 Å². The molecule has 0 aromatic heterocycles. The zero-order chi connectivity index (χ0) is 14.5. The zero-order valence-electron chi connectivity index (χ0n) is 10.1. The summed E-state index contributed by atoms with van der Waals surface area (Å²) in [6.45, 7) is 0. The van der Waals surface area contributed by atoms with Gasteiger partial charge in [0.2, 0.25) is 0 Å². The smallest absolute Gasteiger partial charge is 0.186 e. The lowest BCUT2D eigenvalue weighted by Gasteiger charge is -1.98. The highest BCUT2D eigenvalue weighted by molar-refractivity contribution is 8.02. The molecular weight excluding hydrogens is 302 g/mol. The molecule has 0 heterocycles. The molecule has 0 bridgehead atoms. The van der Waals surface area contributed by atoms with Crippen LogP contribution >= 0.6 is 23.4 Å². The molecule has 1 nitrogen and oxygen atoms in total. The maximum absolute atomic E-state index is 13.0. The van der Waals surface area contributed by atoms with Gasteiger partial charge in [0.1, 0.15) is 11.6 Å². The summed E-state index contributed by atoms with van der Waals surface area (Å²) in [6.07, 6.45) is 1.37. The third-order valence-corrected chi connectivity index (χ3v) is 3.53. The number of thioether (sulfide) groups is 1.